The van der Waals surface area contributed by atoms with Gasteiger partial charge >= 0.3 is 11.9 Å². The Bertz CT molecular complexity index is 535. The monoisotopic (exact) mass is 315 g/mol. The molecule has 22 heavy (non-hydrogen) atoms. The zero-order valence-corrected chi connectivity index (χ0v) is 11.4. The normalized spacial score (nSPS) is 13.4. The van der Waals surface area contributed by atoms with Gasteiger partial charge in [0.25, 0.3) is 6.43 Å². The average molecular weight is 315 g/mol. The van der Waals surface area contributed by atoms with Gasteiger partial charge in [0.05, 0.1) is 0 Å². The lowest BCUT2D eigenvalue weighted by Crippen LogP contribution is -2.43. The number of rotatable bonds is 8. The van der Waals surface area contributed by atoms with Gasteiger partial charge in [-0.3, -0.25) is 9.59 Å². The molecule has 1 rings (SSSR count). The van der Waals surface area contributed by atoms with Crippen LogP contribution in [0.2, 0.25) is 0 Å². The van der Waals surface area contributed by atoms with Crippen molar-refractivity contribution in [2.24, 2.45) is 5.92 Å². The SMILES string of the molecule is O=C(CC(C(=O)O)C(F)F)NC(Cc1ccccc1)C(=O)O. The number of hydrogen-bond acceptors (Lipinski definition) is 3. The zero-order valence-electron chi connectivity index (χ0n) is 11.4. The van der Waals surface area contributed by atoms with Gasteiger partial charge in [-0.25, -0.2) is 13.6 Å². The number of halogens is 2. The van der Waals surface area contributed by atoms with Crippen LogP contribution in [-0.4, -0.2) is 40.5 Å². The van der Waals surface area contributed by atoms with Crippen molar-refractivity contribution in [3.8, 4) is 0 Å². The highest BCUT2D eigenvalue weighted by atomic mass is 19.3. The molecule has 0 saturated carbocycles. The van der Waals surface area contributed by atoms with Crippen LogP contribution in [0, 0.1) is 5.92 Å². The standard InChI is InChI=1S/C14H15F2NO5/c15-12(16)9(13(19)20)7-11(18)17-10(14(21)22)6-8-4-2-1-3-5-8/h1-5,9-10,12H,6-7H2,(H,17,18)(H,19,20)(H,21,22). The van der Waals surface area contributed by atoms with Crippen molar-refractivity contribution in [3.63, 3.8) is 0 Å². The van der Waals surface area contributed by atoms with Crippen molar-refractivity contribution in [1.82, 2.24) is 5.32 Å². The lowest BCUT2D eigenvalue weighted by atomic mass is 10.0. The van der Waals surface area contributed by atoms with Gasteiger partial charge in [-0.2, -0.15) is 0 Å². The molecular formula is C14H15F2NO5. The van der Waals surface area contributed by atoms with Crippen LogP contribution in [0.15, 0.2) is 30.3 Å². The first-order chi connectivity index (χ1) is 10.3. The summed E-state index contributed by atoms with van der Waals surface area (Å²) in [6.45, 7) is 0. The Morgan fingerprint density at radius 2 is 1.64 bits per heavy atom. The van der Waals surface area contributed by atoms with Gasteiger partial charge < -0.3 is 15.5 Å². The van der Waals surface area contributed by atoms with E-state index in [2.05, 4.69) is 5.32 Å². The molecule has 2 unspecified atom stereocenters. The Balaban J connectivity index is 2.68. The zero-order chi connectivity index (χ0) is 16.7. The highest BCUT2D eigenvalue weighted by Gasteiger charge is 2.32. The van der Waals surface area contributed by atoms with Crippen molar-refractivity contribution < 1.29 is 33.4 Å². The number of carboxylic acid groups (broad SMARTS) is 2. The molecule has 0 aromatic heterocycles. The minimum atomic E-state index is -3.21. The predicted molar refractivity (Wildman–Crippen MR) is 71.5 cm³/mol. The molecule has 3 N–H and O–H groups in total. The highest BCUT2D eigenvalue weighted by molar-refractivity contribution is 5.86. The fourth-order valence-electron chi connectivity index (χ4n) is 1.79. The van der Waals surface area contributed by atoms with Crippen LogP contribution >= 0.6 is 0 Å². The van der Waals surface area contributed by atoms with E-state index in [1.807, 2.05) is 0 Å². The summed E-state index contributed by atoms with van der Waals surface area (Å²) >= 11 is 0. The third kappa shape index (κ3) is 5.47. The molecule has 0 aliphatic carbocycles. The molecule has 0 spiro atoms. The van der Waals surface area contributed by atoms with E-state index in [0.29, 0.717) is 5.56 Å². The van der Waals surface area contributed by atoms with Gasteiger partial charge in [-0.1, -0.05) is 30.3 Å². The molecule has 0 aliphatic rings. The third-order valence-corrected chi connectivity index (χ3v) is 2.94. The predicted octanol–water partition coefficient (Wildman–Crippen LogP) is 1.15. The number of carbonyl (C=O) groups is 3. The van der Waals surface area contributed by atoms with Gasteiger partial charge in [0, 0.05) is 12.8 Å². The van der Waals surface area contributed by atoms with Crippen LogP contribution in [-0.2, 0) is 20.8 Å². The quantitative estimate of drug-likeness (QED) is 0.668. The van der Waals surface area contributed by atoms with E-state index < -0.39 is 42.7 Å². The maximum Gasteiger partial charge on any atom is 0.326 e. The van der Waals surface area contributed by atoms with Crippen LogP contribution in [0.3, 0.4) is 0 Å². The minimum absolute atomic E-state index is 0.0334. The lowest BCUT2D eigenvalue weighted by Gasteiger charge is -2.16. The topological polar surface area (TPSA) is 104 Å². The van der Waals surface area contributed by atoms with Crippen LogP contribution in [0.5, 0.6) is 0 Å². The molecule has 0 saturated heterocycles. The first-order valence-corrected chi connectivity index (χ1v) is 6.38. The van der Waals surface area contributed by atoms with Crippen molar-refractivity contribution >= 4 is 17.8 Å². The Morgan fingerprint density at radius 1 is 1.05 bits per heavy atom. The summed E-state index contributed by atoms with van der Waals surface area (Å²) in [6.07, 6.45) is -4.22. The molecule has 0 heterocycles. The van der Waals surface area contributed by atoms with E-state index in [9.17, 15) is 23.2 Å². The highest BCUT2D eigenvalue weighted by Crippen LogP contribution is 2.14. The summed E-state index contributed by atoms with van der Waals surface area (Å²) < 4.78 is 25.0. The Hall–Kier alpha value is -2.51. The molecule has 8 heteroatoms. The average Bonchev–Trinajstić information content (AvgIpc) is 2.44. The molecule has 1 aromatic carbocycles. The van der Waals surface area contributed by atoms with Crippen LogP contribution in [0.4, 0.5) is 8.78 Å². The second-order valence-corrected chi connectivity index (χ2v) is 4.63. The smallest absolute Gasteiger partial charge is 0.326 e. The van der Waals surface area contributed by atoms with E-state index in [4.69, 9.17) is 10.2 Å². The van der Waals surface area contributed by atoms with Crippen molar-refractivity contribution in [3.05, 3.63) is 35.9 Å². The van der Waals surface area contributed by atoms with E-state index >= 15 is 0 Å². The van der Waals surface area contributed by atoms with E-state index in [0.717, 1.165) is 0 Å². The summed E-state index contributed by atoms with van der Waals surface area (Å²) in [7, 11) is 0. The summed E-state index contributed by atoms with van der Waals surface area (Å²) in [5.41, 5.74) is 0.638. The number of hydrogen-bond donors (Lipinski definition) is 3. The van der Waals surface area contributed by atoms with Gasteiger partial charge in [0.1, 0.15) is 12.0 Å². The number of benzene rings is 1. The molecule has 0 aliphatic heterocycles. The van der Waals surface area contributed by atoms with Gasteiger partial charge in [0.2, 0.25) is 5.91 Å². The number of nitrogens with one attached hydrogen (secondary N) is 1. The minimum Gasteiger partial charge on any atom is -0.481 e. The molecule has 1 amide bonds. The molecule has 0 bridgehead atoms. The summed E-state index contributed by atoms with van der Waals surface area (Å²) in [4.78, 5) is 33.3. The lowest BCUT2D eigenvalue weighted by molar-refractivity contribution is -0.150. The maximum atomic E-state index is 12.5. The molecule has 0 fully saturated rings. The number of carboxylic acids is 2. The largest absolute Gasteiger partial charge is 0.481 e. The molecule has 2 atom stereocenters. The molecule has 0 radical (unpaired) electrons. The van der Waals surface area contributed by atoms with Gasteiger partial charge in [0.15, 0.2) is 0 Å². The summed E-state index contributed by atoms with van der Waals surface area (Å²) in [5.74, 6) is -6.34. The Morgan fingerprint density at radius 3 is 2.09 bits per heavy atom. The second-order valence-electron chi connectivity index (χ2n) is 4.63. The Kier molecular flexibility index (Phi) is 6.43. The van der Waals surface area contributed by atoms with Crippen LogP contribution in [0.1, 0.15) is 12.0 Å². The van der Waals surface area contributed by atoms with E-state index in [-0.39, 0.29) is 6.42 Å². The van der Waals surface area contributed by atoms with Gasteiger partial charge in [-0.05, 0) is 5.56 Å². The fraction of sp³-hybridized carbons (Fsp3) is 0.357. The maximum absolute atomic E-state index is 12.5. The number of carbonyl (C=O) groups excluding carboxylic acids is 1. The number of alkyl halides is 2. The first-order valence-electron chi connectivity index (χ1n) is 6.38. The van der Waals surface area contributed by atoms with Crippen molar-refractivity contribution in [2.75, 3.05) is 0 Å². The molecular weight excluding hydrogens is 300 g/mol. The summed E-state index contributed by atoms with van der Waals surface area (Å²) in [6, 6.07) is 7.10. The first kappa shape index (κ1) is 17.5. The van der Waals surface area contributed by atoms with E-state index in [1.165, 1.54) is 0 Å². The third-order valence-electron chi connectivity index (χ3n) is 2.94. The fourth-order valence-corrected chi connectivity index (χ4v) is 1.79. The number of amides is 1. The van der Waals surface area contributed by atoms with Crippen LogP contribution < -0.4 is 5.32 Å². The van der Waals surface area contributed by atoms with Gasteiger partial charge in [-0.15, -0.1) is 0 Å². The molecule has 120 valence electrons. The Labute approximate surface area is 124 Å². The molecule has 1 aromatic rings. The van der Waals surface area contributed by atoms with Crippen molar-refractivity contribution in [1.29, 1.82) is 0 Å². The molecule has 6 nitrogen and oxygen atoms in total. The second kappa shape index (κ2) is 8.06. The van der Waals surface area contributed by atoms with E-state index in [1.54, 1.807) is 30.3 Å². The van der Waals surface area contributed by atoms with Crippen molar-refractivity contribution in [2.45, 2.75) is 25.3 Å². The summed E-state index contributed by atoms with van der Waals surface area (Å²) in [5, 5.41) is 19.7. The van der Waals surface area contributed by atoms with Crippen LogP contribution in [0.25, 0.3) is 0 Å². The number of aliphatic carboxylic acids is 2.